The number of aliphatic carboxylic acids is 1. The number of aryl methyl sites for hydroxylation is 1. The molecule has 1 rings (SSSR count). The van der Waals surface area contributed by atoms with Gasteiger partial charge in [0.05, 0.1) is 0 Å². The number of halogens is 1. The highest BCUT2D eigenvalue weighted by atomic mass is 19.1. The van der Waals surface area contributed by atoms with Gasteiger partial charge in [0.1, 0.15) is 5.82 Å². The SMILES string of the molecule is CC=C(C)C#Cc1ccc(CCC(=O)O)c(F)c1. The van der Waals surface area contributed by atoms with Gasteiger partial charge in [0.15, 0.2) is 0 Å². The van der Waals surface area contributed by atoms with Gasteiger partial charge in [0.25, 0.3) is 0 Å². The van der Waals surface area contributed by atoms with Crippen molar-refractivity contribution in [2.75, 3.05) is 0 Å². The Balaban J connectivity index is 2.84. The minimum absolute atomic E-state index is 0.0698. The molecule has 0 aliphatic carbocycles. The third-order valence-corrected chi connectivity index (χ3v) is 2.50. The van der Waals surface area contributed by atoms with Crippen molar-refractivity contribution in [3.8, 4) is 11.8 Å². The molecule has 3 heteroatoms. The zero-order chi connectivity index (χ0) is 13.5. The number of hydrogen-bond donors (Lipinski definition) is 1. The van der Waals surface area contributed by atoms with E-state index in [0.29, 0.717) is 11.1 Å². The van der Waals surface area contributed by atoms with Crippen LogP contribution in [0.2, 0.25) is 0 Å². The second-order valence-corrected chi connectivity index (χ2v) is 3.92. The summed E-state index contributed by atoms with van der Waals surface area (Å²) in [7, 11) is 0. The van der Waals surface area contributed by atoms with Gasteiger partial charge in [0, 0.05) is 12.0 Å². The van der Waals surface area contributed by atoms with E-state index in [1.807, 2.05) is 19.9 Å². The molecule has 0 saturated heterocycles. The molecule has 0 bridgehead atoms. The Morgan fingerprint density at radius 3 is 2.78 bits per heavy atom. The van der Waals surface area contributed by atoms with Crippen LogP contribution >= 0.6 is 0 Å². The number of carbonyl (C=O) groups is 1. The molecule has 0 spiro atoms. The van der Waals surface area contributed by atoms with Gasteiger partial charge in [-0.2, -0.15) is 0 Å². The van der Waals surface area contributed by atoms with Gasteiger partial charge in [-0.05, 0) is 43.5 Å². The molecular formula is C15H15FO2. The summed E-state index contributed by atoms with van der Waals surface area (Å²) < 4.78 is 13.6. The monoisotopic (exact) mass is 246 g/mol. The second kappa shape index (κ2) is 6.61. The summed E-state index contributed by atoms with van der Waals surface area (Å²) >= 11 is 0. The second-order valence-electron chi connectivity index (χ2n) is 3.92. The van der Waals surface area contributed by atoms with Crippen molar-refractivity contribution in [1.29, 1.82) is 0 Å². The van der Waals surface area contributed by atoms with Crippen molar-refractivity contribution >= 4 is 5.97 Å². The number of benzene rings is 1. The van der Waals surface area contributed by atoms with Crippen LogP contribution in [0.3, 0.4) is 0 Å². The van der Waals surface area contributed by atoms with E-state index >= 15 is 0 Å². The number of allylic oxidation sites excluding steroid dienone is 2. The quantitative estimate of drug-likeness (QED) is 0.832. The van der Waals surface area contributed by atoms with Crippen molar-refractivity contribution in [2.45, 2.75) is 26.7 Å². The first kappa shape index (κ1) is 14.0. The van der Waals surface area contributed by atoms with Crippen LogP contribution in [0.1, 0.15) is 31.4 Å². The van der Waals surface area contributed by atoms with Gasteiger partial charge in [0.2, 0.25) is 0 Å². The summed E-state index contributed by atoms with van der Waals surface area (Å²) in [6.07, 6.45) is 2.01. The maximum Gasteiger partial charge on any atom is 0.303 e. The Bertz CT molecular complexity index is 533. The number of carboxylic acid groups (broad SMARTS) is 1. The molecule has 0 atom stereocenters. The smallest absolute Gasteiger partial charge is 0.303 e. The van der Waals surface area contributed by atoms with Crippen LogP contribution in [0.15, 0.2) is 29.8 Å². The molecule has 2 nitrogen and oxygen atoms in total. The zero-order valence-electron chi connectivity index (χ0n) is 10.5. The van der Waals surface area contributed by atoms with Crippen LogP contribution in [0.25, 0.3) is 0 Å². The van der Waals surface area contributed by atoms with Crippen molar-refractivity contribution in [1.82, 2.24) is 0 Å². The molecule has 0 amide bonds. The van der Waals surface area contributed by atoms with Crippen molar-refractivity contribution in [3.63, 3.8) is 0 Å². The first-order valence-electron chi connectivity index (χ1n) is 5.68. The lowest BCUT2D eigenvalue weighted by molar-refractivity contribution is -0.136. The van der Waals surface area contributed by atoms with Gasteiger partial charge in [-0.1, -0.05) is 24.0 Å². The molecule has 18 heavy (non-hydrogen) atoms. The fourth-order valence-electron chi connectivity index (χ4n) is 1.31. The standard InChI is InChI=1S/C15H15FO2/c1-3-11(2)4-5-12-6-7-13(14(16)10-12)8-9-15(17)18/h3,6-7,10H,8-9H2,1-2H3,(H,17,18). The van der Waals surface area contributed by atoms with Crippen LogP contribution in [-0.4, -0.2) is 11.1 Å². The molecule has 0 heterocycles. The Kier molecular flexibility index (Phi) is 5.13. The van der Waals surface area contributed by atoms with Crippen LogP contribution in [0, 0.1) is 17.7 Å². The third-order valence-electron chi connectivity index (χ3n) is 2.50. The summed E-state index contributed by atoms with van der Waals surface area (Å²) in [6.45, 7) is 3.77. The average Bonchev–Trinajstić information content (AvgIpc) is 2.34. The van der Waals surface area contributed by atoms with Gasteiger partial charge in [-0.3, -0.25) is 4.79 Å². The summed E-state index contributed by atoms with van der Waals surface area (Å²) in [5.74, 6) is 4.42. The van der Waals surface area contributed by atoms with E-state index in [4.69, 9.17) is 5.11 Å². The molecule has 0 radical (unpaired) electrons. The molecule has 0 fully saturated rings. The summed E-state index contributed by atoms with van der Waals surface area (Å²) in [4.78, 5) is 10.4. The zero-order valence-corrected chi connectivity index (χ0v) is 10.5. The Morgan fingerprint density at radius 2 is 2.22 bits per heavy atom. The predicted molar refractivity (Wildman–Crippen MR) is 68.7 cm³/mol. The van der Waals surface area contributed by atoms with E-state index in [9.17, 15) is 9.18 Å². The van der Waals surface area contributed by atoms with Crippen LogP contribution in [0.5, 0.6) is 0 Å². The molecule has 1 aromatic carbocycles. The van der Waals surface area contributed by atoms with Gasteiger partial charge >= 0.3 is 5.97 Å². The molecular weight excluding hydrogens is 231 g/mol. The van der Waals surface area contributed by atoms with Crippen molar-refractivity contribution in [2.24, 2.45) is 0 Å². The fourth-order valence-corrected chi connectivity index (χ4v) is 1.31. The number of hydrogen-bond acceptors (Lipinski definition) is 1. The van der Waals surface area contributed by atoms with E-state index < -0.39 is 11.8 Å². The van der Waals surface area contributed by atoms with Crippen LogP contribution in [0.4, 0.5) is 4.39 Å². The van der Waals surface area contributed by atoms with E-state index in [2.05, 4.69) is 11.8 Å². The maximum atomic E-state index is 13.6. The highest BCUT2D eigenvalue weighted by Crippen LogP contribution is 2.12. The van der Waals surface area contributed by atoms with Crippen molar-refractivity contribution in [3.05, 3.63) is 46.8 Å². The Morgan fingerprint density at radius 1 is 1.50 bits per heavy atom. The van der Waals surface area contributed by atoms with Gasteiger partial charge in [-0.15, -0.1) is 0 Å². The molecule has 0 saturated carbocycles. The minimum Gasteiger partial charge on any atom is -0.481 e. The molecule has 0 unspecified atom stereocenters. The molecule has 0 aliphatic rings. The van der Waals surface area contributed by atoms with Crippen LogP contribution < -0.4 is 0 Å². The minimum atomic E-state index is -0.929. The third kappa shape index (κ3) is 4.42. The van der Waals surface area contributed by atoms with Crippen molar-refractivity contribution < 1.29 is 14.3 Å². The average molecular weight is 246 g/mol. The number of rotatable bonds is 3. The van der Waals surface area contributed by atoms with Gasteiger partial charge in [-0.25, -0.2) is 4.39 Å². The summed E-state index contributed by atoms with van der Waals surface area (Å²) in [6, 6.07) is 4.64. The van der Waals surface area contributed by atoms with Crippen LogP contribution in [-0.2, 0) is 11.2 Å². The Hall–Kier alpha value is -2.08. The van der Waals surface area contributed by atoms with E-state index in [1.165, 1.54) is 6.07 Å². The molecule has 0 aliphatic heterocycles. The lowest BCUT2D eigenvalue weighted by Gasteiger charge is -2.01. The Labute approximate surface area is 106 Å². The largest absolute Gasteiger partial charge is 0.481 e. The van der Waals surface area contributed by atoms with E-state index in [-0.39, 0.29) is 12.8 Å². The normalized spacial score (nSPS) is 10.7. The first-order chi connectivity index (χ1) is 8.52. The topological polar surface area (TPSA) is 37.3 Å². The van der Waals surface area contributed by atoms with Gasteiger partial charge < -0.3 is 5.11 Å². The lowest BCUT2D eigenvalue weighted by Crippen LogP contribution is -1.99. The highest BCUT2D eigenvalue weighted by molar-refractivity contribution is 5.67. The van der Waals surface area contributed by atoms with E-state index in [1.54, 1.807) is 12.1 Å². The summed E-state index contributed by atoms with van der Waals surface area (Å²) in [5, 5.41) is 8.54. The van der Waals surface area contributed by atoms with E-state index in [0.717, 1.165) is 5.57 Å². The molecule has 1 aromatic rings. The predicted octanol–water partition coefficient (Wildman–Crippen LogP) is 3.16. The highest BCUT2D eigenvalue weighted by Gasteiger charge is 2.05. The maximum absolute atomic E-state index is 13.6. The fraction of sp³-hybridized carbons (Fsp3) is 0.267. The number of carboxylic acids is 1. The lowest BCUT2D eigenvalue weighted by atomic mass is 10.1. The first-order valence-corrected chi connectivity index (χ1v) is 5.68. The molecule has 94 valence electrons. The summed E-state index contributed by atoms with van der Waals surface area (Å²) in [5.41, 5.74) is 1.92. The molecule has 1 N–H and O–H groups in total. The molecule has 0 aromatic heterocycles.